The van der Waals surface area contributed by atoms with Crippen LogP contribution in [0.15, 0.2) is 24.4 Å². The van der Waals surface area contributed by atoms with Crippen LogP contribution in [0.4, 0.5) is 0 Å². The van der Waals surface area contributed by atoms with Gasteiger partial charge in [0.1, 0.15) is 0 Å². The molecule has 0 unspecified atom stereocenters. The van der Waals surface area contributed by atoms with E-state index in [0.29, 0.717) is 6.54 Å². The highest BCUT2D eigenvalue weighted by atomic mass is 35.5. The molecule has 0 bridgehead atoms. The molecule has 0 fully saturated rings. The van der Waals surface area contributed by atoms with Crippen molar-refractivity contribution in [3.8, 4) is 0 Å². The van der Waals surface area contributed by atoms with Crippen molar-refractivity contribution in [3.63, 3.8) is 0 Å². The number of benzene rings is 1. The molecule has 0 aliphatic rings. The van der Waals surface area contributed by atoms with Gasteiger partial charge in [-0.05, 0) is 37.6 Å². The lowest BCUT2D eigenvalue weighted by Gasteiger charge is -1.98. The third-order valence-electron chi connectivity index (χ3n) is 2.64. The van der Waals surface area contributed by atoms with Crippen LogP contribution in [0.5, 0.6) is 0 Å². The zero-order chi connectivity index (χ0) is 10.1. The second-order valence-corrected chi connectivity index (χ2v) is 3.82. The van der Waals surface area contributed by atoms with Gasteiger partial charge in [0.15, 0.2) is 0 Å². The summed E-state index contributed by atoms with van der Waals surface area (Å²) in [6, 6.07) is 6.56. The maximum atomic E-state index is 5.59. The predicted octanol–water partition coefficient (Wildman–Crippen LogP) is 2.41. The van der Waals surface area contributed by atoms with Crippen molar-refractivity contribution in [3.05, 3.63) is 35.5 Å². The molecule has 0 aliphatic carbocycles. The van der Waals surface area contributed by atoms with Gasteiger partial charge in [0, 0.05) is 24.1 Å². The van der Waals surface area contributed by atoms with Gasteiger partial charge in [0.05, 0.1) is 0 Å². The van der Waals surface area contributed by atoms with E-state index >= 15 is 0 Å². The van der Waals surface area contributed by atoms with Crippen LogP contribution in [0.1, 0.15) is 11.1 Å². The van der Waals surface area contributed by atoms with E-state index in [1.54, 1.807) is 0 Å². The average Bonchev–Trinajstić information content (AvgIpc) is 2.44. The summed E-state index contributed by atoms with van der Waals surface area (Å²) in [5.74, 6) is 0. The van der Waals surface area contributed by atoms with Gasteiger partial charge in [0.2, 0.25) is 0 Å². The summed E-state index contributed by atoms with van der Waals surface area (Å²) in [6.07, 6.45) is 3.14. The molecule has 2 N–H and O–H groups in total. The molecule has 0 aliphatic heterocycles. The first kappa shape index (κ1) is 12.1. The minimum atomic E-state index is 0. The van der Waals surface area contributed by atoms with Crippen molar-refractivity contribution in [1.29, 1.82) is 0 Å². The van der Waals surface area contributed by atoms with Crippen molar-refractivity contribution in [1.82, 2.24) is 4.57 Å². The number of nitrogens with two attached hydrogens (primary N) is 1. The largest absolute Gasteiger partial charge is 0.350 e. The van der Waals surface area contributed by atoms with E-state index in [4.69, 9.17) is 5.73 Å². The molecule has 2 aromatic rings. The van der Waals surface area contributed by atoms with Gasteiger partial charge in [0.25, 0.3) is 0 Å². The summed E-state index contributed by atoms with van der Waals surface area (Å²) in [5.41, 5.74) is 9.54. The van der Waals surface area contributed by atoms with Gasteiger partial charge < -0.3 is 10.3 Å². The fourth-order valence-electron chi connectivity index (χ4n) is 1.94. The van der Waals surface area contributed by atoms with Gasteiger partial charge in [-0.3, -0.25) is 0 Å². The molecular formula is C12H17ClN2. The predicted molar refractivity (Wildman–Crippen MR) is 67.7 cm³/mol. The Morgan fingerprint density at radius 2 is 2.07 bits per heavy atom. The summed E-state index contributed by atoms with van der Waals surface area (Å²) in [4.78, 5) is 0. The molecule has 0 spiro atoms. The fraction of sp³-hybridized carbons (Fsp3) is 0.333. The van der Waals surface area contributed by atoms with Crippen molar-refractivity contribution in [2.24, 2.45) is 12.8 Å². The van der Waals surface area contributed by atoms with Crippen LogP contribution < -0.4 is 5.73 Å². The first-order chi connectivity index (χ1) is 6.72. The summed E-state index contributed by atoms with van der Waals surface area (Å²) in [5, 5.41) is 1.35. The number of aryl methyl sites for hydroxylation is 2. The normalized spacial score (nSPS) is 10.3. The molecule has 0 atom stereocenters. The Bertz CT molecular complexity index is 460. The summed E-state index contributed by atoms with van der Waals surface area (Å²) < 4.78 is 2.17. The van der Waals surface area contributed by atoms with Crippen molar-refractivity contribution in [2.75, 3.05) is 6.54 Å². The smallest absolute Gasteiger partial charge is 0.0480 e. The quantitative estimate of drug-likeness (QED) is 0.835. The van der Waals surface area contributed by atoms with E-state index in [1.807, 2.05) is 0 Å². The average molecular weight is 225 g/mol. The summed E-state index contributed by atoms with van der Waals surface area (Å²) in [6.45, 7) is 2.84. The SMILES string of the molecule is Cc1ccc2c(c1)c(CCN)cn2C.Cl. The first-order valence-corrected chi connectivity index (χ1v) is 4.97. The van der Waals surface area contributed by atoms with Gasteiger partial charge >= 0.3 is 0 Å². The third-order valence-corrected chi connectivity index (χ3v) is 2.64. The van der Waals surface area contributed by atoms with Gasteiger partial charge in [-0.15, -0.1) is 12.4 Å². The monoisotopic (exact) mass is 224 g/mol. The maximum absolute atomic E-state index is 5.59. The third kappa shape index (κ3) is 2.16. The lowest BCUT2D eigenvalue weighted by Crippen LogP contribution is -2.01. The minimum Gasteiger partial charge on any atom is -0.350 e. The Morgan fingerprint density at radius 1 is 1.33 bits per heavy atom. The lowest BCUT2D eigenvalue weighted by molar-refractivity contribution is 0.929. The molecule has 1 aromatic carbocycles. The second kappa shape index (κ2) is 4.69. The molecule has 15 heavy (non-hydrogen) atoms. The number of hydrogen-bond acceptors (Lipinski definition) is 1. The van der Waals surface area contributed by atoms with Crippen molar-refractivity contribution >= 4 is 23.3 Å². The number of halogens is 1. The van der Waals surface area contributed by atoms with Gasteiger partial charge in [-0.25, -0.2) is 0 Å². The molecule has 0 saturated heterocycles. The van der Waals surface area contributed by atoms with E-state index in [9.17, 15) is 0 Å². The van der Waals surface area contributed by atoms with E-state index in [1.165, 1.54) is 22.0 Å². The molecule has 82 valence electrons. The Labute approximate surface area is 96.5 Å². The standard InChI is InChI=1S/C12H16N2.ClH/c1-9-3-4-12-11(7-9)10(5-6-13)8-14(12)2;/h3-4,7-8H,5-6,13H2,1-2H3;1H. The first-order valence-electron chi connectivity index (χ1n) is 4.97. The molecule has 2 rings (SSSR count). The maximum Gasteiger partial charge on any atom is 0.0480 e. The molecule has 0 saturated carbocycles. The van der Waals surface area contributed by atoms with Crippen molar-refractivity contribution < 1.29 is 0 Å². The number of fused-ring (bicyclic) bond motifs is 1. The zero-order valence-electron chi connectivity index (χ0n) is 9.16. The van der Waals surface area contributed by atoms with Crippen LogP contribution in [0, 0.1) is 6.92 Å². The van der Waals surface area contributed by atoms with E-state index < -0.39 is 0 Å². The highest BCUT2D eigenvalue weighted by molar-refractivity contribution is 5.85. The Balaban J connectivity index is 0.00000112. The van der Waals surface area contributed by atoms with Crippen LogP contribution in [0.25, 0.3) is 10.9 Å². The summed E-state index contributed by atoms with van der Waals surface area (Å²) in [7, 11) is 2.08. The molecule has 0 amide bonds. The van der Waals surface area contributed by atoms with Gasteiger partial charge in [-0.1, -0.05) is 11.6 Å². The topological polar surface area (TPSA) is 30.9 Å². The van der Waals surface area contributed by atoms with E-state index in [2.05, 4.69) is 42.9 Å². The molecule has 2 nitrogen and oxygen atoms in total. The highest BCUT2D eigenvalue weighted by Gasteiger charge is 2.05. The van der Waals surface area contributed by atoms with Crippen molar-refractivity contribution in [2.45, 2.75) is 13.3 Å². The van der Waals surface area contributed by atoms with Crippen LogP contribution in [0.3, 0.4) is 0 Å². The summed E-state index contributed by atoms with van der Waals surface area (Å²) >= 11 is 0. The zero-order valence-corrected chi connectivity index (χ0v) is 9.97. The second-order valence-electron chi connectivity index (χ2n) is 3.82. The molecular weight excluding hydrogens is 208 g/mol. The number of rotatable bonds is 2. The molecule has 0 radical (unpaired) electrons. The van der Waals surface area contributed by atoms with E-state index in [-0.39, 0.29) is 12.4 Å². The van der Waals surface area contributed by atoms with Crippen LogP contribution in [0.2, 0.25) is 0 Å². The minimum absolute atomic E-state index is 0. The molecule has 3 heteroatoms. The Kier molecular flexibility index (Phi) is 3.77. The highest BCUT2D eigenvalue weighted by Crippen LogP contribution is 2.21. The fourth-order valence-corrected chi connectivity index (χ4v) is 1.94. The number of nitrogens with zero attached hydrogens (tertiary/aromatic N) is 1. The molecule has 1 heterocycles. The van der Waals surface area contributed by atoms with Crippen LogP contribution >= 0.6 is 12.4 Å². The molecule has 1 aromatic heterocycles. The Morgan fingerprint density at radius 3 is 2.73 bits per heavy atom. The number of aromatic nitrogens is 1. The van der Waals surface area contributed by atoms with Gasteiger partial charge in [-0.2, -0.15) is 0 Å². The van der Waals surface area contributed by atoms with E-state index in [0.717, 1.165) is 6.42 Å². The lowest BCUT2D eigenvalue weighted by atomic mass is 10.1. The van der Waals surface area contributed by atoms with Crippen LogP contribution in [-0.2, 0) is 13.5 Å². The Hall–Kier alpha value is -0.990. The number of hydrogen-bond donors (Lipinski definition) is 1. The van der Waals surface area contributed by atoms with Crippen LogP contribution in [-0.4, -0.2) is 11.1 Å².